The standard InChI is InChI=1S/C15H25O4Si/c1-11(2)18-20(19-12(3)4)10-13-8-7-9-14(16-5)15(13)17-6/h7-9,11-12H,10H2,1-6H3. The molecule has 113 valence electrons. The maximum Gasteiger partial charge on any atom is 0.389 e. The summed E-state index contributed by atoms with van der Waals surface area (Å²) in [7, 11) is 1.91. The van der Waals surface area contributed by atoms with E-state index in [0.29, 0.717) is 0 Å². The summed E-state index contributed by atoms with van der Waals surface area (Å²) in [6, 6.07) is 6.60. The average Bonchev–Trinajstić information content (AvgIpc) is 2.36. The van der Waals surface area contributed by atoms with Gasteiger partial charge in [-0.25, -0.2) is 0 Å². The van der Waals surface area contributed by atoms with Gasteiger partial charge in [-0.3, -0.25) is 0 Å². The van der Waals surface area contributed by atoms with E-state index in [1.165, 1.54) is 0 Å². The fraction of sp³-hybridized carbons (Fsp3) is 0.600. The second-order valence-corrected chi connectivity index (χ2v) is 6.60. The molecule has 20 heavy (non-hydrogen) atoms. The van der Waals surface area contributed by atoms with Gasteiger partial charge in [0.1, 0.15) is 0 Å². The summed E-state index contributed by atoms with van der Waals surface area (Å²) in [5.41, 5.74) is 1.06. The molecule has 0 heterocycles. The summed E-state index contributed by atoms with van der Waals surface area (Å²) >= 11 is 0. The van der Waals surface area contributed by atoms with Crippen LogP contribution in [-0.2, 0) is 14.9 Å². The first-order valence-corrected chi connectivity index (χ1v) is 8.39. The summed E-state index contributed by atoms with van der Waals surface area (Å²) in [4.78, 5) is 0. The zero-order valence-corrected chi connectivity index (χ0v) is 14.2. The predicted molar refractivity (Wildman–Crippen MR) is 81.4 cm³/mol. The Morgan fingerprint density at radius 2 is 1.55 bits per heavy atom. The largest absolute Gasteiger partial charge is 0.493 e. The van der Waals surface area contributed by atoms with Crippen molar-refractivity contribution >= 4 is 9.28 Å². The van der Waals surface area contributed by atoms with Gasteiger partial charge in [-0.05, 0) is 39.3 Å². The van der Waals surface area contributed by atoms with Crippen molar-refractivity contribution < 1.29 is 18.3 Å². The zero-order chi connectivity index (χ0) is 15.1. The van der Waals surface area contributed by atoms with E-state index in [4.69, 9.17) is 18.3 Å². The van der Waals surface area contributed by atoms with Crippen LogP contribution in [-0.4, -0.2) is 35.7 Å². The molecule has 0 aliphatic heterocycles. The van der Waals surface area contributed by atoms with E-state index in [9.17, 15) is 0 Å². The van der Waals surface area contributed by atoms with Crippen molar-refractivity contribution in [3.05, 3.63) is 23.8 Å². The van der Waals surface area contributed by atoms with Gasteiger partial charge >= 0.3 is 9.28 Å². The van der Waals surface area contributed by atoms with Crippen LogP contribution in [0.5, 0.6) is 11.5 Å². The Morgan fingerprint density at radius 1 is 0.950 bits per heavy atom. The summed E-state index contributed by atoms with van der Waals surface area (Å²) < 4.78 is 22.6. The van der Waals surface area contributed by atoms with Crippen molar-refractivity contribution in [2.24, 2.45) is 0 Å². The van der Waals surface area contributed by atoms with Crippen molar-refractivity contribution in [3.63, 3.8) is 0 Å². The lowest BCUT2D eigenvalue weighted by atomic mass is 10.2. The first kappa shape index (κ1) is 17.0. The lowest BCUT2D eigenvalue weighted by Crippen LogP contribution is -2.32. The van der Waals surface area contributed by atoms with Crippen molar-refractivity contribution in [1.29, 1.82) is 0 Å². The molecular weight excluding hydrogens is 272 g/mol. The molecule has 0 aliphatic carbocycles. The third-order valence-electron chi connectivity index (χ3n) is 2.55. The number of para-hydroxylation sites is 1. The molecule has 1 radical (unpaired) electrons. The Hall–Kier alpha value is -1.04. The van der Waals surface area contributed by atoms with E-state index in [1.54, 1.807) is 14.2 Å². The molecular formula is C15H25O4Si. The van der Waals surface area contributed by atoms with Gasteiger partial charge in [0.25, 0.3) is 0 Å². The zero-order valence-electron chi connectivity index (χ0n) is 13.2. The first-order valence-electron chi connectivity index (χ1n) is 6.86. The van der Waals surface area contributed by atoms with E-state index < -0.39 is 9.28 Å². The van der Waals surface area contributed by atoms with Gasteiger partial charge in [0, 0.05) is 18.3 Å². The van der Waals surface area contributed by atoms with Crippen molar-refractivity contribution in [1.82, 2.24) is 0 Å². The molecule has 0 saturated heterocycles. The van der Waals surface area contributed by atoms with Gasteiger partial charge in [-0.2, -0.15) is 0 Å². The SMILES string of the molecule is COc1cccc(C[Si](OC(C)C)OC(C)C)c1OC. The summed E-state index contributed by atoms with van der Waals surface area (Å²) in [5.74, 6) is 1.50. The molecule has 0 atom stereocenters. The fourth-order valence-electron chi connectivity index (χ4n) is 1.89. The number of benzene rings is 1. The van der Waals surface area contributed by atoms with E-state index in [-0.39, 0.29) is 12.2 Å². The number of rotatable bonds is 8. The quantitative estimate of drug-likeness (QED) is 0.691. The summed E-state index contributed by atoms with van der Waals surface area (Å²) in [6.07, 6.45) is 0.304. The normalized spacial score (nSPS) is 11.4. The monoisotopic (exact) mass is 297 g/mol. The average molecular weight is 297 g/mol. The van der Waals surface area contributed by atoms with Crippen molar-refractivity contribution in [2.45, 2.75) is 45.9 Å². The van der Waals surface area contributed by atoms with Crippen LogP contribution in [0.2, 0.25) is 0 Å². The molecule has 0 bridgehead atoms. The van der Waals surface area contributed by atoms with Crippen LogP contribution >= 0.6 is 0 Å². The second-order valence-electron chi connectivity index (χ2n) is 5.03. The Morgan fingerprint density at radius 3 is 2.00 bits per heavy atom. The minimum atomic E-state index is -1.39. The van der Waals surface area contributed by atoms with Crippen LogP contribution in [0, 0.1) is 0 Å². The maximum atomic E-state index is 5.92. The fourth-order valence-corrected chi connectivity index (χ4v) is 3.75. The lowest BCUT2D eigenvalue weighted by molar-refractivity contribution is 0.129. The highest BCUT2D eigenvalue weighted by molar-refractivity contribution is 6.44. The molecule has 4 nitrogen and oxygen atoms in total. The molecule has 1 rings (SSSR count). The van der Waals surface area contributed by atoms with Gasteiger partial charge in [-0.15, -0.1) is 0 Å². The Labute approximate surface area is 123 Å². The van der Waals surface area contributed by atoms with Crippen LogP contribution in [0.15, 0.2) is 18.2 Å². The van der Waals surface area contributed by atoms with Crippen LogP contribution < -0.4 is 9.47 Å². The van der Waals surface area contributed by atoms with E-state index >= 15 is 0 Å². The van der Waals surface area contributed by atoms with E-state index in [0.717, 1.165) is 23.1 Å². The number of hydrogen-bond acceptors (Lipinski definition) is 4. The van der Waals surface area contributed by atoms with Crippen LogP contribution in [0.1, 0.15) is 33.3 Å². The third kappa shape index (κ3) is 5.15. The molecule has 0 fully saturated rings. The van der Waals surface area contributed by atoms with E-state index in [1.807, 2.05) is 45.9 Å². The van der Waals surface area contributed by atoms with E-state index in [2.05, 4.69) is 0 Å². The highest BCUT2D eigenvalue weighted by Gasteiger charge is 2.23. The predicted octanol–water partition coefficient (Wildman–Crippen LogP) is 3.12. The highest BCUT2D eigenvalue weighted by atomic mass is 28.3. The van der Waals surface area contributed by atoms with Crippen LogP contribution in [0.25, 0.3) is 0 Å². The lowest BCUT2D eigenvalue weighted by Gasteiger charge is -2.21. The molecule has 0 unspecified atom stereocenters. The van der Waals surface area contributed by atoms with Crippen LogP contribution in [0.3, 0.4) is 0 Å². The first-order chi connectivity index (χ1) is 9.47. The Kier molecular flexibility index (Phi) is 7.05. The summed E-state index contributed by atoms with van der Waals surface area (Å²) in [5, 5.41) is 0. The Balaban J connectivity index is 2.92. The third-order valence-corrected chi connectivity index (χ3v) is 4.69. The minimum absolute atomic E-state index is 0.152. The molecule has 0 aromatic heterocycles. The molecule has 0 spiro atoms. The van der Waals surface area contributed by atoms with Gasteiger partial charge in [0.15, 0.2) is 11.5 Å². The van der Waals surface area contributed by atoms with Gasteiger partial charge in [-0.1, -0.05) is 12.1 Å². The molecule has 0 aliphatic rings. The Bertz CT molecular complexity index is 397. The van der Waals surface area contributed by atoms with Crippen molar-refractivity contribution in [3.8, 4) is 11.5 Å². The second kappa shape index (κ2) is 8.29. The molecule has 0 N–H and O–H groups in total. The van der Waals surface area contributed by atoms with Gasteiger partial charge < -0.3 is 18.3 Å². The minimum Gasteiger partial charge on any atom is -0.493 e. The topological polar surface area (TPSA) is 36.9 Å². The number of methoxy groups -OCH3 is 2. The molecule has 0 saturated carbocycles. The molecule has 1 aromatic rings. The maximum absolute atomic E-state index is 5.92. The molecule has 0 amide bonds. The van der Waals surface area contributed by atoms with Crippen LogP contribution in [0.4, 0.5) is 0 Å². The molecule has 5 heteroatoms. The highest BCUT2D eigenvalue weighted by Crippen LogP contribution is 2.31. The van der Waals surface area contributed by atoms with Gasteiger partial charge in [0.2, 0.25) is 0 Å². The number of hydrogen-bond donors (Lipinski definition) is 0. The van der Waals surface area contributed by atoms with Gasteiger partial charge in [0.05, 0.1) is 14.2 Å². The summed E-state index contributed by atoms with van der Waals surface area (Å²) in [6.45, 7) is 8.10. The molecule has 1 aromatic carbocycles. The smallest absolute Gasteiger partial charge is 0.389 e. The van der Waals surface area contributed by atoms with Crippen molar-refractivity contribution in [2.75, 3.05) is 14.2 Å². The number of ether oxygens (including phenoxy) is 2.